The maximum atomic E-state index is 12.3. The van der Waals surface area contributed by atoms with E-state index in [2.05, 4.69) is 33.1 Å². The second-order valence-electron chi connectivity index (χ2n) is 6.11. The minimum atomic E-state index is -0.0213. The number of piperazine rings is 1. The molecule has 1 heterocycles. The predicted octanol–water partition coefficient (Wildman–Crippen LogP) is 1.89. The van der Waals surface area contributed by atoms with Gasteiger partial charge in [-0.25, -0.2) is 0 Å². The third-order valence-corrected chi connectivity index (χ3v) is 4.60. The largest absolute Gasteiger partial charge is 0.484 e. The number of unbranched alkanes of at least 4 members (excludes halogenated alkanes) is 1. The average molecular weight is 412 g/mol. The van der Waals surface area contributed by atoms with Crippen LogP contribution in [0.2, 0.25) is 0 Å². The molecule has 1 aromatic rings. The van der Waals surface area contributed by atoms with Crippen LogP contribution in [0.1, 0.15) is 19.8 Å². The van der Waals surface area contributed by atoms with E-state index >= 15 is 0 Å². The molecular weight excluding hydrogens is 386 g/mol. The number of carbonyl (C=O) groups is 2. The van der Waals surface area contributed by atoms with Crippen molar-refractivity contribution >= 4 is 27.7 Å². The Morgan fingerprint density at radius 2 is 2.00 bits per heavy atom. The summed E-state index contributed by atoms with van der Waals surface area (Å²) in [6.45, 7) is 5.96. The zero-order valence-corrected chi connectivity index (χ0v) is 16.3. The Bertz CT molecular complexity index is 574. The first-order chi connectivity index (χ1) is 12.1. The zero-order valence-electron chi connectivity index (χ0n) is 14.7. The molecule has 1 aromatic carbocycles. The van der Waals surface area contributed by atoms with Crippen molar-refractivity contribution in [3.63, 3.8) is 0 Å². The lowest BCUT2D eigenvalue weighted by Gasteiger charge is -2.34. The molecule has 7 heteroatoms. The fourth-order valence-electron chi connectivity index (χ4n) is 2.61. The van der Waals surface area contributed by atoms with Gasteiger partial charge in [0.2, 0.25) is 5.91 Å². The number of halogens is 1. The van der Waals surface area contributed by atoms with Crippen LogP contribution < -0.4 is 10.1 Å². The maximum Gasteiger partial charge on any atom is 0.260 e. The Hall–Kier alpha value is -1.60. The molecule has 0 saturated carbocycles. The lowest BCUT2D eigenvalue weighted by Crippen LogP contribution is -2.52. The van der Waals surface area contributed by atoms with Crippen LogP contribution in [0.4, 0.5) is 0 Å². The van der Waals surface area contributed by atoms with E-state index < -0.39 is 0 Å². The average Bonchev–Trinajstić information content (AvgIpc) is 2.60. The second-order valence-corrected chi connectivity index (χ2v) is 7.02. The molecule has 138 valence electrons. The topological polar surface area (TPSA) is 61.9 Å². The Kier molecular flexibility index (Phi) is 8.21. The van der Waals surface area contributed by atoms with E-state index in [4.69, 9.17) is 4.74 Å². The van der Waals surface area contributed by atoms with Gasteiger partial charge in [0.1, 0.15) is 5.75 Å². The van der Waals surface area contributed by atoms with Crippen molar-refractivity contribution in [1.29, 1.82) is 0 Å². The summed E-state index contributed by atoms with van der Waals surface area (Å²) >= 11 is 3.38. The van der Waals surface area contributed by atoms with E-state index in [1.807, 2.05) is 24.3 Å². The summed E-state index contributed by atoms with van der Waals surface area (Å²) in [5.74, 6) is 0.711. The van der Waals surface area contributed by atoms with Gasteiger partial charge < -0.3 is 15.0 Å². The summed E-state index contributed by atoms with van der Waals surface area (Å²) in [7, 11) is 0. The first kappa shape index (κ1) is 19.7. The van der Waals surface area contributed by atoms with Crippen molar-refractivity contribution in [2.24, 2.45) is 0 Å². The fourth-order valence-corrected chi connectivity index (χ4v) is 2.99. The van der Waals surface area contributed by atoms with Crippen LogP contribution in [-0.2, 0) is 9.59 Å². The number of ether oxygens (including phenoxy) is 1. The van der Waals surface area contributed by atoms with Gasteiger partial charge in [-0.3, -0.25) is 14.5 Å². The van der Waals surface area contributed by atoms with Crippen LogP contribution in [0.25, 0.3) is 0 Å². The van der Waals surface area contributed by atoms with E-state index in [9.17, 15) is 9.59 Å². The summed E-state index contributed by atoms with van der Waals surface area (Å²) < 4.78 is 6.47. The molecule has 0 unspecified atom stereocenters. The smallest absolute Gasteiger partial charge is 0.260 e. The van der Waals surface area contributed by atoms with E-state index in [0.717, 1.165) is 23.9 Å². The van der Waals surface area contributed by atoms with E-state index in [-0.39, 0.29) is 18.4 Å². The number of nitrogens with one attached hydrogen (secondary N) is 1. The van der Waals surface area contributed by atoms with E-state index in [1.165, 1.54) is 0 Å². The Balaban J connectivity index is 1.67. The predicted molar refractivity (Wildman–Crippen MR) is 101 cm³/mol. The highest BCUT2D eigenvalue weighted by Crippen LogP contribution is 2.17. The molecule has 0 aliphatic carbocycles. The van der Waals surface area contributed by atoms with Gasteiger partial charge in [-0.2, -0.15) is 0 Å². The van der Waals surface area contributed by atoms with Crippen LogP contribution in [0, 0.1) is 0 Å². The maximum absolute atomic E-state index is 12.3. The van der Waals surface area contributed by atoms with Crippen molar-refractivity contribution in [2.45, 2.75) is 19.8 Å². The molecule has 0 bridgehead atoms. The molecule has 0 atom stereocenters. The van der Waals surface area contributed by atoms with Gasteiger partial charge in [-0.1, -0.05) is 35.3 Å². The Labute approximate surface area is 157 Å². The van der Waals surface area contributed by atoms with Crippen molar-refractivity contribution in [2.75, 3.05) is 45.9 Å². The number of nitrogens with zero attached hydrogens (tertiary/aromatic N) is 2. The van der Waals surface area contributed by atoms with Crippen LogP contribution in [-0.4, -0.2) is 67.5 Å². The standard InChI is InChI=1S/C18H26BrN3O3/c1-2-3-7-20-17(23)13-21-8-10-22(11-9-21)18(24)14-25-16-6-4-5-15(19)12-16/h4-6,12H,2-3,7-11,13-14H2,1H3,(H,20,23). The summed E-state index contributed by atoms with van der Waals surface area (Å²) in [6.07, 6.45) is 2.08. The van der Waals surface area contributed by atoms with Gasteiger partial charge in [0.05, 0.1) is 6.54 Å². The number of amides is 2. The van der Waals surface area contributed by atoms with Crippen molar-refractivity contribution < 1.29 is 14.3 Å². The van der Waals surface area contributed by atoms with Gasteiger partial charge in [0.25, 0.3) is 5.91 Å². The molecule has 1 aliphatic rings. The molecule has 1 fully saturated rings. The first-order valence-corrected chi connectivity index (χ1v) is 9.53. The molecule has 1 aliphatic heterocycles. The normalized spacial score (nSPS) is 15.0. The van der Waals surface area contributed by atoms with Crippen molar-refractivity contribution in [3.8, 4) is 5.75 Å². The number of hydrogen-bond acceptors (Lipinski definition) is 4. The highest BCUT2D eigenvalue weighted by atomic mass is 79.9. The highest BCUT2D eigenvalue weighted by Gasteiger charge is 2.22. The molecule has 1 N–H and O–H groups in total. The summed E-state index contributed by atoms with van der Waals surface area (Å²) in [5, 5.41) is 2.92. The van der Waals surface area contributed by atoms with Gasteiger partial charge in [0.15, 0.2) is 6.61 Å². The Morgan fingerprint density at radius 1 is 1.24 bits per heavy atom. The third-order valence-electron chi connectivity index (χ3n) is 4.10. The van der Waals surface area contributed by atoms with Crippen LogP contribution in [0.15, 0.2) is 28.7 Å². The minimum absolute atomic E-state index is 0.0213. The minimum Gasteiger partial charge on any atom is -0.484 e. The van der Waals surface area contributed by atoms with Gasteiger partial charge >= 0.3 is 0 Å². The lowest BCUT2D eigenvalue weighted by molar-refractivity contribution is -0.135. The quantitative estimate of drug-likeness (QED) is 0.663. The summed E-state index contributed by atoms with van der Waals surface area (Å²) in [6, 6.07) is 7.44. The zero-order chi connectivity index (χ0) is 18.1. The molecule has 6 nitrogen and oxygen atoms in total. The monoisotopic (exact) mass is 411 g/mol. The number of rotatable bonds is 8. The van der Waals surface area contributed by atoms with E-state index in [1.54, 1.807) is 4.90 Å². The molecule has 0 aromatic heterocycles. The molecule has 0 radical (unpaired) electrons. The van der Waals surface area contributed by atoms with Crippen LogP contribution in [0.3, 0.4) is 0 Å². The van der Waals surface area contributed by atoms with Crippen LogP contribution >= 0.6 is 15.9 Å². The lowest BCUT2D eigenvalue weighted by atomic mass is 10.3. The summed E-state index contributed by atoms with van der Waals surface area (Å²) in [4.78, 5) is 28.0. The first-order valence-electron chi connectivity index (χ1n) is 8.73. The van der Waals surface area contributed by atoms with E-state index in [0.29, 0.717) is 38.5 Å². The molecule has 25 heavy (non-hydrogen) atoms. The van der Waals surface area contributed by atoms with Gasteiger partial charge in [-0.05, 0) is 24.6 Å². The number of hydrogen-bond donors (Lipinski definition) is 1. The van der Waals surface area contributed by atoms with Gasteiger partial charge in [-0.15, -0.1) is 0 Å². The Morgan fingerprint density at radius 3 is 2.68 bits per heavy atom. The fraction of sp³-hybridized carbons (Fsp3) is 0.556. The number of carbonyl (C=O) groups excluding carboxylic acids is 2. The SMILES string of the molecule is CCCCNC(=O)CN1CCN(C(=O)COc2cccc(Br)c2)CC1. The molecule has 1 saturated heterocycles. The number of benzene rings is 1. The van der Waals surface area contributed by atoms with Crippen LogP contribution in [0.5, 0.6) is 5.75 Å². The van der Waals surface area contributed by atoms with Crippen molar-refractivity contribution in [3.05, 3.63) is 28.7 Å². The summed E-state index contributed by atoms with van der Waals surface area (Å²) in [5.41, 5.74) is 0. The second kappa shape index (κ2) is 10.4. The molecular formula is C18H26BrN3O3. The molecule has 2 rings (SSSR count). The van der Waals surface area contributed by atoms with Crippen molar-refractivity contribution in [1.82, 2.24) is 15.1 Å². The highest BCUT2D eigenvalue weighted by molar-refractivity contribution is 9.10. The third kappa shape index (κ3) is 7.04. The van der Waals surface area contributed by atoms with Gasteiger partial charge in [0, 0.05) is 37.2 Å². The molecule has 0 spiro atoms. The molecule has 2 amide bonds.